The molecular weight excluding hydrogens is 444 g/mol. The summed E-state index contributed by atoms with van der Waals surface area (Å²) in [6.45, 7) is 2.00. The molecule has 0 saturated heterocycles. The van der Waals surface area contributed by atoms with Gasteiger partial charge in [-0.05, 0) is 42.8 Å². The summed E-state index contributed by atoms with van der Waals surface area (Å²) in [7, 11) is 0. The molecule has 0 spiro atoms. The van der Waals surface area contributed by atoms with Crippen molar-refractivity contribution in [2.45, 2.75) is 18.2 Å². The van der Waals surface area contributed by atoms with Crippen molar-refractivity contribution >= 4 is 40.0 Å². The van der Waals surface area contributed by atoms with Crippen LogP contribution in [0.5, 0.6) is 0 Å². The molecule has 2 heterocycles. The van der Waals surface area contributed by atoms with Crippen LogP contribution in [-0.2, 0) is 0 Å². The molecule has 5 aromatic rings. The number of aliphatic hydroxyl groups excluding tert-OH is 1. The predicted octanol–water partition coefficient (Wildman–Crippen LogP) is 4.82. The number of benzene rings is 3. The van der Waals surface area contributed by atoms with Gasteiger partial charge in [0.05, 0.1) is 22.7 Å². The van der Waals surface area contributed by atoms with E-state index < -0.39 is 6.10 Å². The Morgan fingerprint density at radius 2 is 1.72 bits per heavy atom. The summed E-state index contributed by atoms with van der Waals surface area (Å²) in [5.74, 6) is 0.759. The van der Waals surface area contributed by atoms with Gasteiger partial charge in [0.2, 0.25) is 5.78 Å². The summed E-state index contributed by atoms with van der Waals surface area (Å²) < 4.78 is 3.43. The molecule has 0 radical (unpaired) electrons. The number of thioether (sulfide) groups is 1. The Bertz CT molecular complexity index is 1490. The fraction of sp³-hybridized carbons (Fsp3) is 0.125. The lowest BCUT2D eigenvalue weighted by Crippen LogP contribution is -2.21. The van der Waals surface area contributed by atoms with Gasteiger partial charge in [0.25, 0.3) is 5.56 Å². The number of para-hydroxylation sites is 1. The number of hydrogen-bond acceptors (Lipinski definition) is 5. The van der Waals surface area contributed by atoms with Crippen LogP contribution in [-0.4, -0.2) is 30.0 Å². The zero-order chi connectivity index (χ0) is 22.2. The second kappa shape index (κ2) is 8.43. The lowest BCUT2D eigenvalue weighted by atomic mass is 10.1. The van der Waals surface area contributed by atoms with Gasteiger partial charge in [-0.1, -0.05) is 71.4 Å². The van der Waals surface area contributed by atoms with Gasteiger partial charge >= 0.3 is 0 Å². The van der Waals surface area contributed by atoms with Crippen LogP contribution in [0.25, 0.3) is 22.4 Å². The fourth-order valence-electron chi connectivity index (χ4n) is 3.69. The molecule has 1 N–H and O–H groups in total. The molecule has 1 unspecified atom stereocenters. The number of nitrogens with zero attached hydrogens (tertiary/aromatic N) is 4. The maximum atomic E-state index is 13.3. The van der Waals surface area contributed by atoms with Crippen LogP contribution >= 0.6 is 23.4 Å². The first-order valence-corrected chi connectivity index (χ1v) is 11.4. The van der Waals surface area contributed by atoms with E-state index in [0.29, 0.717) is 32.7 Å². The van der Waals surface area contributed by atoms with Crippen molar-refractivity contribution in [3.63, 3.8) is 0 Å². The van der Waals surface area contributed by atoms with Crippen LogP contribution in [0.2, 0.25) is 5.02 Å². The van der Waals surface area contributed by atoms with Crippen molar-refractivity contribution in [3.05, 3.63) is 99.3 Å². The van der Waals surface area contributed by atoms with Gasteiger partial charge in [-0.3, -0.25) is 9.20 Å². The van der Waals surface area contributed by atoms with Crippen LogP contribution in [0.3, 0.4) is 0 Å². The third kappa shape index (κ3) is 3.58. The quantitative estimate of drug-likeness (QED) is 0.379. The molecule has 0 aliphatic rings. The second-order valence-electron chi connectivity index (χ2n) is 7.46. The highest BCUT2D eigenvalue weighted by molar-refractivity contribution is 7.99. The van der Waals surface area contributed by atoms with Crippen LogP contribution in [0, 0.1) is 6.92 Å². The van der Waals surface area contributed by atoms with Crippen molar-refractivity contribution in [2.75, 3.05) is 5.75 Å². The van der Waals surface area contributed by atoms with E-state index >= 15 is 0 Å². The summed E-state index contributed by atoms with van der Waals surface area (Å²) in [6.07, 6.45) is -0.768. The molecule has 0 amide bonds. The molecule has 32 heavy (non-hydrogen) atoms. The highest BCUT2D eigenvalue weighted by Crippen LogP contribution is 2.29. The van der Waals surface area contributed by atoms with Crippen molar-refractivity contribution in [2.24, 2.45) is 0 Å². The molecule has 3 aromatic carbocycles. The number of hydrogen-bond donors (Lipinski definition) is 1. The number of rotatable bonds is 5. The van der Waals surface area contributed by atoms with Crippen LogP contribution in [0.15, 0.2) is 82.7 Å². The number of aryl methyl sites for hydroxylation is 1. The Morgan fingerprint density at radius 1 is 1.00 bits per heavy atom. The van der Waals surface area contributed by atoms with E-state index in [9.17, 15) is 9.90 Å². The Kier molecular flexibility index (Phi) is 5.46. The van der Waals surface area contributed by atoms with Crippen LogP contribution in [0.1, 0.15) is 17.2 Å². The zero-order valence-corrected chi connectivity index (χ0v) is 18.7. The molecule has 8 heteroatoms. The average Bonchev–Trinajstić information content (AvgIpc) is 3.23. The third-order valence-electron chi connectivity index (χ3n) is 5.32. The van der Waals surface area contributed by atoms with Gasteiger partial charge in [-0.25, -0.2) is 4.57 Å². The van der Waals surface area contributed by atoms with Crippen molar-refractivity contribution in [1.29, 1.82) is 0 Å². The largest absolute Gasteiger partial charge is 0.387 e. The molecule has 0 bridgehead atoms. The van der Waals surface area contributed by atoms with E-state index in [2.05, 4.69) is 10.2 Å². The summed E-state index contributed by atoms with van der Waals surface area (Å²) in [5.41, 5.74) is 3.05. The SMILES string of the molecule is Cc1ccc(-n2c(=O)c3ccccc3n3c(SCC(O)c4ccccc4Cl)nnc23)cc1. The maximum Gasteiger partial charge on any atom is 0.267 e. The van der Waals surface area contributed by atoms with E-state index in [1.54, 1.807) is 22.8 Å². The van der Waals surface area contributed by atoms with Gasteiger partial charge in [-0.2, -0.15) is 0 Å². The Hall–Kier alpha value is -3.13. The van der Waals surface area contributed by atoms with Crippen LogP contribution < -0.4 is 5.56 Å². The number of halogens is 1. The lowest BCUT2D eigenvalue weighted by molar-refractivity contribution is 0.204. The zero-order valence-electron chi connectivity index (χ0n) is 17.1. The number of aliphatic hydroxyl groups is 1. The summed E-state index contributed by atoms with van der Waals surface area (Å²) in [6, 6.07) is 22.3. The smallest absolute Gasteiger partial charge is 0.267 e. The van der Waals surface area contributed by atoms with Gasteiger partial charge < -0.3 is 5.11 Å². The molecular formula is C24H19ClN4O2S. The van der Waals surface area contributed by atoms with E-state index in [0.717, 1.165) is 16.8 Å². The minimum Gasteiger partial charge on any atom is -0.387 e. The van der Waals surface area contributed by atoms with Crippen molar-refractivity contribution in [1.82, 2.24) is 19.2 Å². The molecule has 5 rings (SSSR count). The van der Waals surface area contributed by atoms with E-state index in [4.69, 9.17) is 11.6 Å². The second-order valence-corrected chi connectivity index (χ2v) is 8.85. The monoisotopic (exact) mass is 462 g/mol. The van der Waals surface area contributed by atoms with E-state index in [1.165, 1.54) is 11.8 Å². The molecule has 0 aliphatic carbocycles. The summed E-state index contributed by atoms with van der Waals surface area (Å²) in [4.78, 5) is 13.3. The lowest BCUT2D eigenvalue weighted by Gasteiger charge is -2.13. The standard InChI is InChI=1S/C24H19ClN4O2S/c1-15-10-12-16(13-11-15)28-22(31)18-7-3-5-9-20(18)29-23(28)26-27-24(29)32-14-21(30)17-6-2-4-8-19(17)25/h2-13,21,30H,14H2,1H3. The van der Waals surface area contributed by atoms with Gasteiger partial charge in [-0.15, -0.1) is 10.2 Å². The summed E-state index contributed by atoms with van der Waals surface area (Å²) in [5, 5.41) is 21.0. The molecule has 1 atom stereocenters. The van der Waals surface area contributed by atoms with E-state index in [1.807, 2.05) is 65.9 Å². The van der Waals surface area contributed by atoms with Crippen molar-refractivity contribution in [3.8, 4) is 5.69 Å². The normalized spacial score (nSPS) is 12.5. The van der Waals surface area contributed by atoms with Gasteiger partial charge in [0, 0.05) is 10.8 Å². The average molecular weight is 463 g/mol. The Labute approximate surface area is 193 Å². The maximum absolute atomic E-state index is 13.3. The highest BCUT2D eigenvalue weighted by atomic mass is 35.5. The summed E-state index contributed by atoms with van der Waals surface area (Å²) >= 11 is 7.59. The van der Waals surface area contributed by atoms with Crippen LogP contribution in [0.4, 0.5) is 0 Å². The minimum absolute atomic E-state index is 0.156. The molecule has 6 nitrogen and oxygen atoms in total. The topological polar surface area (TPSA) is 72.4 Å². The van der Waals surface area contributed by atoms with Gasteiger partial charge in [0.15, 0.2) is 5.16 Å². The molecule has 0 aliphatic heterocycles. The fourth-order valence-corrected chi connectivity index (χ4v) is 4.84. The molecule has 160 valence electrons. The predicted molar refractivity (Wildman–Crippen MR) is 128 cm³/mol. The number of aromatic nitrogens is 4. The molecule has 2 aromatic heterocycles. The number of fused-ring (bicyclic) bond motifs is 3. The Balaban J connectivity index is 1.63. The first-order chi connectivity index (χ1) is 15.5. The Morgan fingerprint density at radius 3 is 2.50 bits per heavy atom. The highest BCUT2D eigenvalue weighted by Gasteiger charge is 2.19. The van der Waals surface area contributed by atoms with Crippen molar-refractivity contribution < 1.29 is 5.11 Å². The van der Waals surface area contributed by atoms with Gasteiger partial charge in [0.1, 0.15) is 0 Å². The minimum atomic E-state index is -0.768. The molecule has 0 saturated carbocycles. The third-order valence-corrected chi connectivity index (χ3v) is 6.67. The first kappa shape index (κ1) is 20.8. The van der Waals surface area contributed by atoms with E-state index in [-0.39, 0.29) is 5.56 Å². The molecule has 0 fully saturated rings. The first-order valence-electron chi connectivity index (χ1n) is 10.1.